The Morgan fingerprint density at radius 3 is 2.20 bits per heavy atom. The van der Waals surface area contributed by atoms with Crippen molar-refractivity contribution in [3.63, 3.8) is 0 Å². The molecule has 0 aromatic carbocycles. The number of nitrogens with zero attached hydrogens (tertiary/aromatic N) is 2. The minimum atomic E-state index is 0.156. The molecular weight excluding hydrogens is 250 g/mol. The second-order valence-electron chi connectivity index (χ2n) is 7.07. The molecule has 1 heterocycles. The van der Waals surface area contributed by atoms with E-state index in [2.05, 4.69) is 19.2 Å². The van der Waals surface area contributed by atoms with Gasteiger partial charge in [0.1, 0.15) is 0 Å². The molecule has 116 valence electrons. The summed E-state index contributed by atoms with van der Waals surface area (Å²) in [4.78, 5) is 15.6. The highest BCUT2D eigenvalue weighted by Gasteiger charge is 2.28. The third-order valence-electron chi connectivity index (χ3n) is 5.22. The lowest BCUT2D eigenvalue weighted by Crippen LogP contribution is -2.50. The van der Waals surface area contributed by atoms with E-state index < -0.39 is 0 Å². The van der Waals surface area contributed by atoms with Crippen molar-refractivity contribution in [1.29, 1.82) is 0 Å². The molecule has 2 rings (SSSR count). The van der Waals surface area contributed by atoms with Crippen LogP contribution in [0.1, 0.15) is 46.0 Å². The van der Waals surface area contributed by atoms with E-state index in [4.69, 9.17) is 0 Å². The van der Waals surface area contributed by atoms with Gasteiger partial charge in [-0.2, -0.15) is 0 Å². The van der Waals surface area contributed by atoms with Crippen molar-refractivity contribution < 1.29 is 4.79 Å². The Kier molecular flexibility index (Phi) is 5.30. The molecule has 4 nitrogen and oxygen atoms in total. The average molecular weight is 281 g/mol. The van der Waals surface area contributed by atoms with E-state index in [0.29, 0.717) is 12.1 Å². The summed E-state index contributed by atoms with van der Waals surface area (Å²) in [6.45, 7) is 6.56. The van der Waals surface area contributed by atoms with Crippen molar-refractivity contribution in [3.8, 4) is 0 Å². The number of nitrogens with one attached hydrogen (secondary N) is 1. The predicted octanol–water partition coefficient (Wildman–Crippen LogP) is 2.55. The first-order chi connectivity index (χ1) is 9.47. The molecular formula is C16H31N3O. The van der Waals surface area contributed by atoms with Gasteiger partial charge in [0.15, 0.2) is 0 Å². The largest absolute Gasteiger partial charge is 0.331 e. The molecule has 1 aliphatic carbocycles. The second-order valence-corrected chi connectivity index (χ2v) is 7.07. The molecule has 2 aliphatic rings. The lowest BCUT2D eigenvalue weighted by molar-refractivity contribution is 0.144. The van der Waals surface area contributed by atoms with Gasteiger partial charge in [-0.3, -0.25) is 0 Å². The molecule has 1 N–H and O–H groups in total. The molecule has 1 saturated heterocycles. The van der Waals surface area contributed by atoms with Crippen molar-refractivity contribution in [2.75, 3.05) is 27.2 Å². The van der Waals surface area contributed by atoms with Crippen LogP contribution >= 0.6 is 0 Å². The smallest absolute Gasteiger partial charge is 0.319 e. The summed E-state index contributed by atoms with van der Waals surface area (Å²) in [6, 6.07) is 1.46. The highest BCUT2D eigenvalue weighted by atomic mass is 16.2. The monoisotopic (exact) mass is 281 g/mol. The predicted molar refractivity (Wildman–Crippen MR) is 82.8 cm³/mol. The number of carbonyl (C=O) groups is 1. The molecule has 3 atom stereocenters. The second kappa shape index (κ2) is 6.79. The number of carbonyl (C=O) groups excluding carboxylic acids is 1. The number of rotatable bonds is 2. The molecule has 0 spiro atoms. The fourth-order valence-electron chi connectivity index (χ4n) is 3.55. The highest BCUT2D eigenvalue weighted by molar-refractivity contribution is 5.73. The average Bonchev–Trinajstić information content (AvgIpc) is 2.43. The van der Waals surface area contributed by atoms with E-state index in [-0.39, 0.29) is 6.03 Å². The molecule has 1 saturated carbocycles. The summed E-state index contributed by atoms with van der Waals surface area (Å²) >= 11 is 0. The van der Waals surface area contributed by atoms with Gasteiger partial charge < -0.3 is 15.1 Å². The first kappa shape index (κ1) is 15.6. The molecule has 0 radical (unpaired) electrons. The Bertz CT molecular complexity index is 324. The van der Waals surface area contributed by atoms with Crippen LogP contribution in [0.4, 0.5) is 4.79 Å². The molecule has 0 aromatic heterocycles. The van der Waals surface area contributed by atoms with Crippen LogP contribution in [0.5, 0.6) is 0 Å². The third kappa shape index (κ3) is 3.87. The molecule has 20 heavy (non-hydrogen) atoms. The van der Waals surface area contributed by atoms with E-state index in [9.17, 15) is 4.79 Å². The van der Waals surface area contributed by atoms with Crippen LogP contribution in [0.15, 0.2) is 0 Å². The third-order valence-corrected chi connectivity index (χ3v) is 5.22. The summed E-state index contributed by atoms with van der Waals surface area (Å²) in [5.74, 6) is 1.73. The summed E-state index contributed by atoms with van der Waals surface area (Å²) in [6.07, 6.45) is 6.19. The van der Waals surface area contributed by atoms with Crippen LogP contribution in [0.3, 0.4) is 0 Å². The van der Waals surface area contributed by atoms with Crippen molar-refractivity contribution in [3.05, 3.63) is 0 Å². The molecule has 3 unspecified atom stereocenters. The van der Waals surface area contributed by atoms with Crippen molar-refractivity contribution in [1.82, 2.24) is 15.1 Å². The van der Waals surface area contributed by atoms with Crippen LogP contribution in [0, 0.1) is 11.8 Å². The fourth-order valence-corrected chi connectivity index (χ4v) is 3.55. The van der Waals surface area contributed by atoms with Gasteiger partial charge in [-0.05, 0) is 43.9 Å². The van der Waals surface area contributed by atoms with E-state index in [1.807, 2.05) is 19.0 Å². The summed E-state index contributed by atoms with van der Waals surface area (Å²) in [7, 11) is 3.66. The Morgan fingerprint density at radius 2 is 1.65 bits per heavy atom. The van der Waals surface area contributed by atoms with Crippen LogP contribution < -0.4 is 5.32 Å². The van der Waals surface area contributed by atoms with Gasteiger partial charge >= 0.3 is 6.03 Å². The molecule has 0 aromatic rings. The fraction of sp³-hybridized carbons (Fsp3) is 0.938. The van der Waals surface area contributed by atoms with Crippen LogP contribution in [0.25, 0.3) is 0 Å². The Labute approximate surface area is 123 Å². The lowest BCUT2D eigenvalue weighted by atomic mass is 9.79. The number of likely N-dealkylation sites (tertiary alicyclic amines) is 1. The van der Waals surface area contributed by atoms with E-state index in [0.717, 1.165) is 37.8 Å². The van der Waals surface area contributed by atoms with Gasteiger partial charge in [-0.15, -0.1) is 0 Å². The minimum Gasteiger partial charge on any atom is -0.331 e. The van der Waals surface area contributed by atoms with E-state index in [1.54, 1.807) is 4.90 Å². The summed E-state index contributed by atoms with van der Waals surface area (Å²) in [5, 5.41) is 3.85. The highest BCUT2D eigenvalue weighted by Crippen LogP contribution is 2.30. The quantitative estimate of drug-likeness (QED) is 0.844. The summed E-state index contributed by atoms with van der Waals surface area (Å²) < 4.78 is 0. The number of piperidine rings is 1. The number of urea groups is 1. The van der Waals surface area contributed by atoms with Crippen LogP contribution in [-0.2, 0) is 0 Å². The van der Waals surface area contributed by atoms with Gasteiger partial charge in [-0.25, -0.2) is 4.79 Å². The number of amides is 2. The Hall–Kier alpha value is -0.770. The Morgan fingerprint density at radius 1 is 1.00 bits per heavy atom. The van der Waals surface area contributed by atoms with Crippen LogP contribution in [0.2, 0.25) is 0 Å². The zero-order valence-corrected chi connectivity index (χ0v) is 13.6. The van der Waals surface area contributed by atoms with Crippen molar-refractivity contribution in [2.24, 2.45) is 11.8 Å². The van der Waals surface area contributed by atoms with E-state index >= 15 is 0 Å². The van der Waals surface area contributed by atoms with Gasteiger partial charge in [0.05, 0.1) is 0 Å². The number of hydrogen-bond donors (Lipinski definition) is 1. The molecule has 1 aliphatic heterocycles. The zero-order chi connectivity index (χ0) is 14.7. The first-order valence-corrected chi connectivity index (χ1v) is 8.19. The number of hydrogen-bond acceptors (Lipinski definition) is 2. The maximum atomic E-state index is 11.9. The standard InChI is InChI=1S/C16H31N3O/c1-12-5-6-15(11-13(12)2)17-14-7-9-19(10-8-14)16(20)18(3)4/h12-15,17H,5-11H2,1-4H3. The molecule has 0 bridgehead atoms. The maximum Gasteiger partial charge on any atom is 0.319 e. The van der Waals surface area contributed by atoms with E-state index in [1.165, 1.54) is 19.3 Å². The molecule has 2 amide bonds. The minimum absolute atomic E-state index is 0.156. The van der Waals surface area contributed by atoms with Crippen LogP contribution in [-0.4, -0.2) is 55.1 Å². The Balaban J connectivity index is 1.73. The van der Waals surface area contributed by atoms with Gasteiger partial charge in [0.25, 0.3) is 0 Å². The molecule has 4 heteroatoms. The van der Waals surface area contributed by atoms with Gasteiger partial charge in [0.2, 0.25) is 0 Å². The van der Waals surface area contributed by atoms with Crippen molar-refractivity contribution in [2.45, 2.75) is 58.0 Å². The summed E-state index contributed by atoms with van der Waals surface area (Å²) in [5.41, 5.74) is 0. The SMILES string of the molecule is CC1CCC(NC2CCN(C(=O)N(C)C)CC2)CC1C. The normalized spacial score (nSPS) is 32.2. The van der Waals surface area contributed by atoms with Gasteiger partial charge in [0, 0.05) is 39.3 Å². The van der Waals surface area contributed by atoms with Crippen molar-refractivity contribution >= 4 is 6.03 Å². The molecule has 2 fully saturated rings. The topological polar surface area (TPSA) is 35.6 Å². The first-order valence-electron chi connectivity index (χ1n) is 8.19. The van der Waals surface area contributed by atoms with Gasteiger partial charge in [-0.1, -0.05) is 13.8 Å². The lowest BCUT2D eigenvalue weighted by Gasteiger charge is -2.38. The zero-order valence-electron chi connectivity index (χ0n) is 13.6. The maximum absolute atomic E-state index is 11.9.